The van der Waals surface area contributed by atoms with E-state index >= 15 is 0 Å². The molecule has 2 aliphatic rings. The second kappa shape index (κ2) is 2.78. The van der Waals surface area contributed by atoms with Crippen LogP contribution in [0.1, 0.15) is 18.0 Å². The highest BCUT2D eigenvalue weighted by atomic mass is 16.7. The van der Waals surface area contributed by atoms with Gasteiger partial charge in [-0.1, -0.05) is 0 Å². The van der Waals surface area contributed by atoms with Gasteiger partial charge in [0, 0.05) is 18.0 Å². The van der Waals surface area contributed by atoms with Gasteiger partial charge in [0.05, 0.1) is 6.61 Å². The summed E-state index contributed by atoms with van der Waals surface area (Å²) in [5.74, 6) is 2.22. The third-order valence-electron chi connectivity index (χ3n) is 2.60. The van der Waals surface area contributed by atoms with E-state index in [4.69, 9.17) is 19.9 Å². The predicted molar refractivity (Wildman–Crippen MR) is 49.6 cm³/mol. The topological polar surface area (TPSA) is 53.7 Å². The van der Waals surface area contributed by atoms with Gasteiger partial charge in [0.25, 0.3) is 0 Å². The molecule has 1 atom stereocenters. The van der Waals surface area contributed by atoms with Crippen LogP contribution in [-0.4, -0.2) is 13.4 Å². The highest BCUT2D eigenvalue weighted by Crippen LogP contribution is 2.46. The Bertz CT molecular complexity index is 378. The van der Waals surface area contributed by atoms with Gasteiger partial charge in [-0.2, -0.15) is 0 Å². The minimum atomic E-state index is 0.0493. The van der Waals surface area contributed by atoms with Crippen LogP contribution < -0.4 is 19.9 Å². The Labute approximate surface area is 81.6 Å². The minimum absolute atomic E-state index is 0.0493. The average Bonchev–Trinajstić information content (AvgIpc) is 2.66. The summed E-state index contributed by atoms with van der Waals surface area (Å²) in [4.78, 5) is 0. The van der Waals surface area contributed by atoms with E-state index in [2.05, 4.69) is 0 Å². The van der Waals surface area contributed by atoms with Crippen molar-refractivity contribution in [2.45, 2.75) is 12.5 Å². The standard InChI is InChI=1S/C10H11NO3/c11-7-3-4-12-9-6(7)1-2-8-10(9)14-5-13-8/h1-2,7H,3-5,11H2/t7-/m1/s1. The Morgan fingerprint density at radius 1 is 1.14 bits per heavy atom. The van der Waals surface area contributed by atoms with E-state index in [1.165, 1.54) is 0 Å². The third-order valence-corrected chi connectivity index (χ3v) is 2.60. The Kier molecular flexibility index (Phi) is 1.58. The minimum Gasteiger partial charge on any atom is -0.489 e. The molecule has 0 aromatic heterocycles. The van der Waals surface area contributed by atoms with Gasteiger partial charge in [-0.05, 0) is 12.1 Å². The summed E-state index contributed by atoms with van der Waals surface area (Å²) in [7, 11) is 0. The maximum Gasteiger partial charge on any atom is 0.231 e. The first kappa shape index (κ1) is 7.94. The molecule has 0 amide bonds. The molecule has 4 heteroatoms. The number of nitrogens with two attached hydrogens (primary N) is 1. The molecule has 14 heavy (non-hydrogen) atoms. The van der Waals surface area contributed by atoms with Crippen molar-refractivity contribution in [1.82, 2.24) is 0 Å². The van der Waals surface area contributed by atoms with Gasteiger partial charge < -0.3 is 19.9 Å². The molecule has 0 saturated carbocycles. The maximum atomic E-state index is 5.96. The van der Waals surface area contributed by atoms with Crippen molar-refractivity contribution < 1.29 is 14.2 Å². The van der Waals surface area contributed by atoms with Gasteiger partial charge in [-0.25, -0.2) is 0 Å². The van der Waals surface area contributed by atoms with Gasteiger partial charge in [0.1, 0.15) is 0 Å². The molecule has 0 aliphatic carbocycles. The molecule has 0 saturated heterocycles. The Morgan fingerprint density at radius 3 is 3.00 bits per heavy atom. The van der Waals surface area contributed by atoms with E-state index in [0.29, 0.717) is 12.4 Å². The number of rotatable bonds is 0. The lowest BCUT2D eigenvalue weighted by atomic mass is 10.0. The molecule has 74 valence electrons. The zero-order valence-corrected chi connectivity index (χ0v) is 7.66. The number of benzene rings is 1. The third kappa shape index (κ3) is 0.974. The molecule has 2 aliphatic heterocycles. The van der Waals surface area contributed by atoms with Crippen molar-refractivity contribution in [1.29, 1.82) is 0 Å². The van der Waals surface area contributed by atoms with Crippen LogP contribution in [0.5, 0.6) is 17.2 Å². The molecule has 0 bridgehead atoms. The van der Waals surface area contributed by atoms with Crippen LogP contribution in [0.4, 0.5) is 0 Å². The normalized spacial score (nSPS) is 22.8. The van der Waals surface area contributed by atoms with E-state index in [0.717, 1.165) is 23.5 Å². The number of fused-ring (bicyclic) bond motifs is 3. The van der Waals surface area contributed by atoms with Crippen LogP contribution in [-0.2, 0) is 0 Å². The van der Waals surface area contributed by atoms with Crippen LogP contribution in [0.25, 0.3) is 0 Å². The fourth-order valence-corrected chi connectivity index (χ4v) is 1.85. The smallest absolute Gasteiger partial charge is 0.231 e. The van der Waals surface area contributed by atoms with Gasteiger partial charge in [0.2, 0.25) is 12.5 Å². The molecule has 4 nitrogen and oxygen atoms in total. The van der Waals surface area contributed by atoms with E-state index < -0.39 is 0 Å². The quantitative estimate of drug-likeness (QED) is 0.672. The van der Waals surface area contributed by atoms with Crippen molar-refractivity contribution in [2.24, 2.45) is 5.73 Å². The molecule has 0 spiro atoms. The molecular weight excluding hydrogens is 182 g/mol. The summed E-state index contributed by atoms with van der Waals surface area (Å²) in [5, 5.41) is 0. The van der Waals surface area contributed by atoms with Crippen molar-refractivity contribution in [3.05, 3.63) is 17.7 Å². The zero-order chi connectivity index (χ0) is 9.54. The first-order valence-electron chi connectivity index (χ1n) is 4.67. The van der Waals surface area contributed by atoms with Crippen molar-refractivity contribution >= 4 is 0 Å². The van der Waals surface area contributed by atoms with Crippen LogP contribution >= 0.6 is 0 Å². The van der Waals surface area contributed by atoms with Crippen LogP contribution in [0.15, 0.2) is 12.1 Å². The highest BCUT2D eigenvalue weighted by molar-refractivity contribution is 5.58. The molecule has 2 N–H and O–H groups in total. The van der Waals surface area contributed by atoms with E-state index in [1.807, 2.05) is 12.1 Å². The van der Waals surface area contributed by atoms with Crippen molar-refractivity contribution in [3.8, 4) is 17.2 Å². The Morgan fingerprint density at radius 2 is 2.07 bits per heavy atom. The first-order valence-corrected chi connectivity index (χ1v) is 4.67. The summed E-state index contributed by atoms with van der Waals surface area (Å²) in [5.41, 5.74) is 6.98. The highest BCUT2D eigenvalue weighted by Gasteiger charge is 2.27. The largest absolute Gasteiger partial charge is 0.489 e. The van der Waals surface area contributed by atoms with Crippen LogP contribution in [0.2, 0.25) is 0 Å². The van der Waals surface area contributed by atoms with Crippen molar-refractivity contribution in [2.75, 3.05) is 13.4 Å². The zero-order valence-electron chi connectivity index (χ0n) is 7.66. The lowest BCUT2D eigenvalue weighted by molar-refractivity contribution is 0.167. The lowest BCUT2D eigenvalue weighted by Gasteiger charge is -2.23. The van der Waals surface area contributed by atoms with E-state index in [9.17, 15) is 0 Å². The Balaban J connectivity index is 2.17. The van der Waals surface area contributed by atoms with E-state index in [1.54, 1.807) is 0 Å². The van der Waals surface area contributed by atoms with Gasteiger partial charge >= 0.3 is 0 Å². The molecule has 0 fully saturated rings. The number of hydrogen-bond donors (Lipinski definition) is 1. The molecule has 2 heterocycles. The summed E-state index contributed by atoms with van der Waals surface area (Å²) in [6, 6.07) is 3.88. The summed E-state index contributed by atoms with van der Waals surface area (Å²) in [6.07, 6.45) is 0.854. The lowest BCUT2D eigenvalue weighted by Crippen LogP contribution is -2.20. The SMILES string of the molecule is N[C@@H]1CCOc2c1ccc1c2OCO1. The molecule has 1 aromatic carbocycles. The monoisotopic (exact) mass is 193 g/mol. The summed E-state index contributed by atoms with van der Waals surface area (Å²) < 4.78 is 16.2. The Hall–Kier alpha value is -1.42. The van der Waals surface area contributed by atoms with Crippen LogP contribution in [0, 0.1) is 0 Å². The van der Waals surface area contributed by atoms with Gasteiger partial charge in [-0.3, -0.25) is 0 Å². The second-order valence-corrected chi connectivity index (χ2v) is 3.46. The van der Waals surface area contributed by atoms with Crippen LogP contribution in [0.3, 0.4) is 0 Å². The van der Waals surface area contributed by atoms with E-state index in [-0.39, 0.29) is 12.8 Å². The van der Waals surface area contributed by atoms with Gasteiger partial charge in [-0.15, -0.1) is 0 Å². The number of hydrogen-bond acceptors (Lipinski definition) is 4. The molecule has 0 unspecified atom stereocenters. The number of ether oxygens (including phenoxy) is 3. The fourth-order valence-electron chi connectivity index (χ4n) is 1.85. The second-order valence-electron chi connectivity index (χ2n) is 3.46. The van der Waals surface area contributed by atoms with Gasteiger partial charge in [0.15, 0.2) is 11.5 Å². The maximum absolute atomic E-state index is 5.96. The first-order chi connectivity index (χ1) is 6.86. The molecular formula is C10H11NO3. The average molecular weight is 193 g/mol. The fraction of sp³-hybridized carbons (Fsp3) is 0.400. The summed E-state index contributed by atoms with van der Waals surface area (Å²) in [6.45, 7) is 0.915. The van der Waals surface area contributed by atoms with Crippen molar-refractivity contribution in [3.63, 3.8) is 0 Å². The summed E-state index contributed by atoms with van der Waals surface area (Å²) >= 11 is 0. The molecule has 0 radical (unpaired) electrons. The predicted octanol–water partition coefficient (Wildman–Crippen LogP) is 1.20. The molecule has 1 aromatic rings. The molecule has 3 rings (SSSR count).